The lowest BCUT2D eigenvalue weighted by molar-refractivity contribution is -0.153. The Morgan fingerprint density at radius 3 is 2.65 bits per heavy atom. The van der Waals surface area contributed by atoms with E-state index in [1.54, 1.807) is 33.3 Å². The minimum atomic E-state index is -1.05. The molecule has 0 aromatic carbocycles. The molecule has 6 nitrogen and oxygen atoms in total. The minimum absolute atomic E-state index is 0.0584. The van der Waals surface area contributed by atoms with Crippen molar-refractivity contribution in [3.05, 3.63) is 40.3 Å². The summed E-state index contributed by atoms with van der Waals surface area (Å²) in [6.07, 6.45) is 4.56. The van der Waals surface area contributed by atoms with Gasteiger partial charge in [0.15, 0.2) is 5.54 Å². The third-order valence-electron chi connectivity index (χ3n) is 4.40. The molecule has 0 saturated carbocycles. The molecule has 122 valence electrons. The molecule has 0 bridgehead atoms. The summed E-state index contributed by atoms with van der Waals surface area (Å²) in [5.74, 6) is -0.825. The summed E-state index contributed by atoms with van der Waals surface area (Å²) in [6.45, 7) is 2.77. The zero-order valence-electron chi connectivity index (χ0n) is 12.9. The molecule has 1 aliphatic heterocycles. The van der Waals surface area contributed by atoms with Crippen molar-refractivity contribution in [1.29, 1.82) is 0 Å². The van der Waals surface area contributed by atoms with Crippen molar-refractivity contribution < 1.29 is 14.7 Å². The molecule has 2 aromatic heterocycles. The average Bonchev–Trinajstić information content (AvgIpc) is 3.19. The highest BCUT2D eigenvalue weighted by Crippen LogP contribution is 2.31. The van der Waals surface area contributed by atoms with Crippen LogP contribution in [0.2, 0.25) is 0 Å². The van der Waals surface area contributed by atoms with Crippen LogP contribution in [0, 0.1) is 6.92 Å². The van der Waals surface area contributed by atoms with Gasteiger partial charge >= 0.3 is 5.97 Å². The van der Waals surface area contributed by atoms with Crippen LogP contribution in [0.3, 0.4) is 0 Å². The first-order valence-electron chi connectivity index (χ1n) is 7.56. The van der Waals surface area contributed by atoms with Crippen LogP contribution in [0.25, 0.3) is 0 Å². The van der Waals surface area contributed by atoms with Crippen LogP contribution in [0.15, 0.2) is 29.9 Å². The molecule has 23 heavy (non-hydrogen) atoms. The zero-order chi connectivity index (χ0) is 16.4. The molecule has 1 amide bonds. The maximum atomic E-state index is 12.3. The standard InChI is InChI=1S/C16H19N3O3S/c1-12-10-17-19(11-12)16(15(21)22)4-6-18(7-5-16)14(20)9-13-3-2-8-23-13/h2-3,8,10-11H,4-7,9H2,1H3,(H,21,22). The number of carboxylic acids is 1. The van der Waals surface area contributed by atoms with Gasteiger partial charge in [-0.25, -0.2) is 4.79 Å². The highest BCUT2D eigenvalue weighted by molar-refractivity contribution is 7.10. The Balaban J connectivity index is 1.70. The van der Waals surface area contributed by atoms with E-state index in [1.165, 1.54) is 0 Å². The number of aliphatic carboxylic acids is 1. The van der Waals surface area contributed by atoms with Crippen LogP contribution >= 0.6 is 11.3 Å². The molecular weight excluding hydrogens is 314 g/mol. The van der Waals surface area contributed by atoms with Crippen molar-refractivity contribution in [3.63, 3.8) is 0 Å². The fourth-order valence-electron chi connectivity index (χ4n) is 2.99. The molecule has 0 unspecified atom stereocenters. The topological polar surface area (TPSA) is 75.4 Å². The Hall–Kier alpha value is -2.15. The minimum Gasteiger partial charge on any atom is -0.479 e. The number of rotatable bonds is 4. The summed E-state index contributed by atoms with van der Waals surface area (Å²) in [7, 11) is 0. The predicted octanol–water partition coefficient (Wildman–Crippen LogP) is 1.90. The van der Waals surface area contributed by atoms with E-state index in [-0.39, 0.29) is 5.91 Å². The van der Waals surface area contributed by atoms with Gasteiger partial charge in [-0.2, -0.15) is 5.10 Å². The first-order valence-corrected chi connectivity index (χ1v) is 8.44. The number of likely N-dealkylation sites (tertiary alicyclic amines) is 1. The van der Waals surface area contributed by atoms with E-state index in [1.807, 2.05) is 24.4 Å². The van der Waals surface area contributed by atoms with E-state index in [9.17, 15) is 14.7 Å². The highest BCUT2D eigenvalue weighted by Gasteiger charge is 2.44. The van der Waals surface area contributed by atoms with Crippen molar-refractivity contribution in [2.75, 3.05) is 13.1 Å². The van der Waals surface area contributed by atoms with Gasteiger partial charge in [-0.3, -0.25) is 9.48 Å². The van der Waals surface area contributed by atoms with Gasteiger partial charge in [0, 0.05) is 37.0 Å². The van der Waals surface area contributed by atoms with Crippen LogP contribution in [-0.4, -0.2) is 44.8 Å². The molecule has 0 atom stereocenters. The summed E-state index contributed by atoms with van der Waals surface area (Å²) in [5.41, 5.74) is -0.115. The highest BCUT2D eigenvalue weighted by atomic mass is 32.1. The molecule has 3 heterocycles. The molecule has 1 N–H and O–H groups in total. The lowest BCUT2D eigenvalue weighted by Crippen LogP contribution is -2.52. The van der Waals surface area contributed by atoms with Gasteiger partial charge < -0.3 is 10.0 Å². The quantitative estimate of drug-likeness (QED) is 0.927. The third-order valence-corrected chi connectivity index (χ3v) is 5.27. The van der Waals surface area contributed by atoms with Crippen molar-refractivity contribution >= 4 is 23.2 Å². The number of nitrogens with zero attached hydrogens (tertiary/aromatic N) is 3. The van der Waals surface area contributed by atoms with Crippen LogP contribution in [0.4, 0.5) is 0 Å². The molecule has 1 aliphatic rings. The second-order valence-corrected chi connectivity index (χ2v) is 6.97. The molecular formula is C16H19N3O3S. The molecule has 2 aromatic rings. The van der Waals surface area contributed by atoms with Gasteiger partial charge in [0.05, 0.1) is 12.6 Å². The van der Waals surface area contributed by atoms with Gasteiger partial charge in [-0.15, -0.1) is 11.3 Å². The Labute approximate surface area is 138 Å². The Bertz CT molecular complexity index is 700. The molecule has 0 radical (unpaired) electrons. The smallest absolute Gasteiger partial charge is 0.331 e. The van der Waals surface area contributed by atoms with Gasteiger partial charge in [-0.1, -0.05) is 6.07 Å². The number of piperidine rings is 1. The van der Waals surface area contributed by atoms with Gasteiger partial charge in [0.1, 0.15) is 0 Å². The third kappa shape index (κ3) is 3.01. The van der Waals surface area contributed by atoms with Crippen LogP contribution in [-0.2, 0) is 21.5 Å². The molecule has 0 spiro atoms. The maximum absolute atomic E-state index is 12.3. The first-order chi connectivity index (χ1) is 11.0. The number of carbonyl (C=O) groups is 2. The fraction of sp³-hybridized carbons (Fsp3) is 0.438. The van der Waals surface area contributed by atoms with E-state index in [0.717, 1.165) is 10.4 Å². The summed E-state index contributed by atoms with van der Waals surface area (Å²) in [5, 5.41) is 15.9. The van der Waals surface area contributed by atoms with Gasteiger partial charge in [0.25, 0.3) is 0 Å². The SMILES string of the molecule is Cc1cnn(C2(C(=O)O)CCN(C(=O)Cc3cccs3)CC2)c1. The monoisotopic (exact) mass is 333 g/mol. The number of amides is 1. The van der Waals surface area contributed by atoms with E-state index in [0.29, 0.717) is 32.4 Å². The second kappa shape index (κ2) is 6.16. The van der Waals surface area contributed by atoms with Crippen LogP contribution in [0.5, 0.6) is 0 Å². The van der Waals surface area contributed by atoms with E-state index in [2.05, 4.69) is 5.10 Å². The number of aromatic nitrogens is 2. The van der Waals surface area contributed by atoms with Crippen LogP contribution in [0.1, 0.15) is 23.3 Å². The molecule has 7 heteroatoms. The average molecular weight is 333 g/mol. The number of carbonyl (C=O) groups excluding carboxylic acids is 1. The lowest BCUT2D eigenvalue weighted by Gasteiger charge is -2.39. The predicted molar refractivity (Wildman–Crippen MR) is 86.4 cm³/mol. The summed E-state index contributed by atoms with van der Waals surface area (Å²) < 4.78 is 1.55. The van der Waals surface area contributed by atoms with Crippen molar-refractivity contribution in [3.8, 4) is 0 Å². The van der Waals surface area contributed by atoms with Crippen LogP contribution < -0.4 is 0 Å². The largest absolute Gasteiger partial charge is 0.479 e. The Kier molecular flexibility index (Phi) is 4.21. The number of carboxylic acid groups (broad SMARTS) is 1. The molecule has 0 aliphatic carbocycles. The van der Waals surface area contributed by atoms with Crippen molar-refractivity contribution in [1.82, 2.24) is 14.7 Å². The first kappa shape index (κ1) is 15.7. The van der Waals surface area contributed by atoms with Crippen molar-refractivity contribution in [2.45, 2.75) is 31.7 Å². The van der Waals surface area contributed by atoms with Crippen molar-refractivity contribution in [2.24, 2.45) is 0 Å². The molecule has 1 saturated heterocycles. The summed E-state index contributed by atoms with van der Waals surface area (Å²) >= 11 is 1.56. The zero-order valence-corrected chi connectivity index (χ0v) is 13.8. The number of hydrogen-bond donors (Lipinski definition) is 1. The number of aryl methyl sites for hydroxylation is 1. The maximum Gasteiger partial charge on any atom is 0.331 e. The second-order valence-electron chi connectivity index (χ2n) is 5.94. The Morgan fingerprint density at radius 2 is 2.13 bits per heavy atom. The van der Waals surface area contributed by atoms with Gasteiger partial charge in [0.2, 0.25) is 5.91 Å². The lowest BCUT2D eigenvalue weighted by atomic mass is 9.87. The fourth-order valence-corrected chi connectivity index (χ4v) is 3.68. The normalized spacial score (nSPS) is 17.2. The summed E-state index contributed by atoms with van der Waals surface area (Å²) in [4.78, 5) is 27.0. The van der Waals surface area contributed by atoms with E-state index in [4.69, 9.17) is 0 Å². The molecule has 1 fully saturated rings. The van der Waals surface area contributed by atoms with Gasteiger partial charge in [-0.05, 0) is 23.9 Å². The summed E-state index contributed by atoms with van der Waals surface area (Å²) in [6, 6.07) is 3.87. The number of thiophene rings is 1. The van der Waals surface area contributed by atoms with E-state index >= 15 is 0 Å². The molecule has 3 rings (SSSR count). The number of hydrogen-bond acceptors (Lipinski definition) is 4. The Morgan fingerprint density at radius 1 is 1.39 bits per heavy atom. The van der Waals surface area contributed by atoms with E-state index < -0.39 is 11.5 Å².